The van der Waals surface area contributed by atoms with Gasteiger partial charge in [0.25, 0.3) is 0 Å². The highest BCUT2D eigenvalue weighted by Gasteiger charge is 2.51. The molecule has 6 heteroatoms. The van der Waals surface area contributed by atoms with Gasteiger partial charge in [-0.1, -0.05) is 76.2 Å². The molecule has 0 saturated heterocycles. The molecule has 252 valence electrons. The lowest BCUT2D eigenvalue weighted by atomic mass is 9.73. The van der Waals surface area contributed by atoms with E-state index in [2.05, 4.69) is 170 Å². The molecule has 10 rings (SSSR count). The summed E-state index contributed by atoms with van der Waals surface area (Å²) in [7, 11) is 0. The molecule has 0 atom stereocenters. The van der Waals surface area contributed by atoms with E-state index in [-0.39, 0.29) is 14.9 Å². The Hall–Kier alpha value is -4.78. The molecular weight excluding hydrogens is 665 g/mol. The summed E-state index contributed by atoms with van der Waals surface area (Å²) in [4.78, 5) is 7.48. The van der Waals surface area contributed by atoms with E-state index in [9.17, 15) is 0 Å². The van der Waals surface area contributed by atoms with Gasteiger partial charge in [0, 0.05) is 21.2 Å². The molecule has 51 heavy (non-hydrogen) atoms. The van der Waals surface area contributed by atoms with E-state index in [0.29, 0.717) is 0 Å². The number of thioether (sulfide) groups is 2. The first-order valence-electron chi connectivity index (χ1n) is 17.7. The molecule has 0 unspecified atom stereocenters. The summed E-state index contributed by atoms with van der Waals surface area (Å²) >= 11 is 4.16. The number of hydrogen-bond acceptors (Lipinski definition) is 6. The predicted octanol–water partition coefficient (Wildman–Crippen LogP) is 13.8. The second-order valence-corrected chi connectivity index (χ2v) is 18.5. The summed E-state index contributed by atoms with van der Waals surface area (Å²) in [6.45, 7) is 9.77. The smallest absolute Gasteiger partial charge is 0.151 e. The molecule has 4 aliphatic rings. The summed E-state index contributed by atoms with van der Waals surface area (Å²) in [6, 6.07) is 47.6. The third-order valence-corrected chi connectivity index (χ3v) is 13.8. The van der Waals surface area contributed by atoms with Crippen molar-refractivity contribution in [3.63, 3.8) is 0 Å². The molecule has 4 aliphatic heterocycles. The lowest BCUT2D eigenvalue weighted by molar-refractivity contribution is 0.363. The number of hydrogen-bond donors (Lipinski definition) is 0. The first-order valence-corrected chi connectivity index (χ1v) is 19.3. The second kappa shape index (κ2) is 11.1. The summed E-state index contributed by atoms with van der Waals surface area (Å²) in [6.07, 6.45) is 2.16. The molecule has 0 N–H and O–H groups in total. The highest BCUT2D eigenvalue weighted by Crippen LogP contribution is 2.66. The van der Waals surface area contributed by atoms with E-state index in [1.165, 1.54) is 32.3 Å². The van der Waals surface area contributed by atoms with Crippen LogP contribution in [0, 0.1) is 0 Å². The molecule has 4 nitrogen and oxygen atoms in total. The number of para-hydroxylation sites is 8. The van der Waals surface area contributed by atoms with Gasteiger partial charge in [-0.15, -0.1) is 23.5 Å². The average molecular weight is 703 g/mol. The largest absolute Gasteiger partial charge is 0.453 e. The summed E-state index contributed by atoms with van der Waals surface area (Å²) in [5.74, 6) is 3.52. The van der Waals surface area contributed by atoms with Crippen LogP contribution in [0.5, 0.6) is 23.0 Å². The van der Waals surface area contributed by atoms with E-state index in [1.807, 2.05) is 24.3 Å². The Bertz CT molecular complexity index is 2130. The van der Waals surface area contributed by atoms with Gasteiger partial charge >= 0.3 is 0 Å². The number of fused-ring (bicyclic) bond motifs is 6. The van der Waals surface area contributed by atoms with Gasteiger partial charge in [0.15, 0.2) is 23.0 Å². The zero-order valence-corrected chi connectivity index (χ0v) is 30.8. The third kappa shape index (κ3) is 4.91. The molecule has 4 heterocycles. The molecule has 0 amide bonds. The minimum atomic E-state index is -0.0241. The molecule has 1 spiro atoms. The van der Waals surface area contributed by atoms with Crippen LogP contribution in [0.25, 0.3) is 0 Å². The minimum absolute atomic E-state index is 0.0202. The number of rotatable bonds is 2. The minimum Gasteiger partial charge on any atom is -0.453 e. The second-order valence-electron chi connectivity index (χ2n) is 15.3. The fourth-order valence-corrected chi connectivity index (χ4v) is 13.1. The molecule has 6 aromatic rings. The van der Waals surface area contributed by atoms with Gasteiger partial charge in [0.1, 0.15) is 0 Å². The maximum absolute atomic E-state index is 6.32. The van der Waals surface area contributed by atoms with Gasteiger partial charge in [-0.2, -0.15) is 0 Å². The number of ether oxygens (including phenoxy) is 2. The lowest BCUT2D eigenvalue weighted by Gasteiger charge is -2.51. The van der Waals surface area contributed by atoms with Gasteiger partial charge in [0.2, 0.25) is 0 Å². The standard InChI is InChI=1S/C45H38N2O2S2/c1-43(2)27-45(50-41-23-21-29(25-31(41)43)46-33-13-5-9-17-37(33)48-38-18-10-6-14-34(38)46)28-44(3,4)32-26-30(22-24-42(32)51-45)47-35-15-7-11-19-39(35)49-40-20-12-8-16-36(40)47/h5-26H,27-28H2,1-4H3. The zero-order chi connectivity index (χ0) is 34.5. The summed E-state index contributed by atoms with van der Waals surface area (Å²) < 4.78 is 12.7. The van der Waals surface area contributed by atoms with Crippen LogP contribution in [0.2, 0.25) is 0 Å². The third-order valence-electron chi connectivity index (χ3n) is 10.8. The van der Waals surface area contributed by atoms with Crippen LogP contribution >= 0.6 is 23.5 Å². The van der Waals surface area contributed by atoms with Crippen LogP contribution < -0.4 is 19.3 Å². The van der Waals surface area contributed by atoms with Crippen molar-refractivity contribution in [3.05, 3.63) is 145 Å². The van der Waals surface area contributed by atoms with E-state index < -0.39 is 0 Å². The zero-order valence-electron chi connectivity index (χ0n) is 29.1. The maximum atomic E-state index is 6.32. The SMILES string of the molecule is CC1(C)CC2(CC(C)(C)c3cc(N4c5ccccc5Oc5ccccc54)ccc3S2)Sc2ccc(N3c4ccccc4Oc4ccccc43)cc21. The van der Waals surface area contributed by atoms with E-state index in [1.54, 1.807) is 0 Å². The highest BCUT2D eigenvalue weighted by atomic mass is 32.2. The predicted molar refractivity (Wildman–Crippen MR) is 212 cm³/mol. The molecule has 0 radical (unpaired) electrons. The normalized spacial score (nSPS) is 18.2. The Kier molecular flexibility index (Phi) is 6.75. The van der Waals surface area contributed by atoms with Crippen molar-refractivity contribution in [2.24, 2.45) is 0 Å². The Morgan fingerprint density at radius 2 is 0.784 bits per heavy atom. The Morgan fingerprint density at radius 3 is 1.14 bits per heavy atom. The van der Waals surface area contributed by atoms with Crippen molar-refractivity contribution in [1.82, 2.24) is 0 Å². The van der Waals surface area contributed by atoms with Crippen molar-refractivity contribution >= 4 is 57.6 Å². The molecule has 0 bridgehead atoms. The molecule has 6 aromatic carbocycles. The fraction of sp³-hybridized carbons (Fsp3) is 0.200. The van der Waals surface area contributed by atoms with Crippen LogP contribution in [-0.2, 0) is 10.8 Å². The van der Waals surface area contributed by atoms with Gasteiger partial charge < -0.3 is 19.3 Å². The molecule has 0 aromatic heterocycles. The molecule has 0 saturated carbocycles. The Labute approximate surface area is 308 Å². The van der Waals surface area contributed by atoms with Gasteiger partial charge in [0.05, 0.1) is 26.8 Å². The van der Waals surface area contributed by atoms with Crippen LogP contribution in [0.4, 0.5) is 34.1 Å². The van der Waals surface area contributed by atoms with Crippen molar-refractivity contribution in [2.75, 3.05) is 9.80 Å². The topological polar surface area (TPSA) is 24.9 Å². The average Bonchev–Trinajstić information content (AvgIpc) is 3.12. The maximum Gasteiger partial charge on any atom is 0.151 e. The van der Waals surface area contributed by atoms with Crippen molar-refractivity contribution < 1.29 is 9.47 Å². The van der Waals surface area contributed by atoms with Gasteiger partial charge in [-0.3, -0.25) is 0 Å². The highest BCUT2D eigenvalue weighted by molar-refractivity contribution is 8.18. The molecule has 0 fully saturated rings. The van der Waals surface area contributed by atoms with E-state index >= 15 is 0 Å². The van der Waals surface area contributed by atoms with Crippen molar-refractivity contribution in [2.45, 2.75) is 65.2 Å². The van der Waals surface area contributed by atoms with Gasteiger partial charge in [-0.05, 0) is 120 Å². The quantitative estimate of drug-likeness (QED) is 0.178. The number of anilines is 6. The number of benzene rings is 6. The summed E-state index contributed by atoms with van der Waals surface area (Å²) in [5, 5.41) is 0. The van der Waals surface area contributed by atoms with E-state index in [4.69, 9.17) is 9.47 Å². The van der Waals surface area contributed by atoms with Crippen LogP contribution in [0.3, 0.4) is 0 Å². The fourth-order valence-electron chi connectivity index (χ4n) is 8.68. The van der Waals surface area contributed by atoms with Crippen molar-refractivity contribution in [3.8, 4) is 23.0 Å². The first-order chi connectivity index (χ1) is 24.7. The monoisotopic (exact) mass is 702 g/mol. The molecule has 0 aliphatic carbocycles. The number of nitrogens with zero attached hydrogens (tertiary/aromatic N) is 2. The van der Waals surface area contributed by atoms with Crippen LogP contribution in [0.1, 0.15) is 51.7 Å². The summed E-state index contributed by atoms with van der Waals surface area (Å²) in [5.41, 5.74) is 9.40. The van der Waals surface area contributed by atoms with Crippen LogP contribution in [0.15, 0.2) is 143 Å². The Morgan fingerprint density at radius 1 is 0.451 bits per heavy atom. The molecular formula is C45H38N2O2S2. The van der Waals surface area contributed by atoms with E-state index in [0.717, 1.165) is 58.6 Å². The van der Waals surface area contributed by atoms with Crippen LogP contribution in [-0.4, -0.2) is 4.08 Å². The van der Waals surface area contributed by atoms with Crippen molar-refractivity contribution in [1.29, 1.82) is 0 Å². The Balaban J connectivity index is 1.01. The van der Waals surface area contributed by atoms with Gasteiger partial charge in [-0.25, -0.2) is 0 Å². The lowest BCUT2D eigenvalue weighted by Crippen LogP contribution is -2.42. The first kappa shape index (κ1) is 31.0.